The molecule has 0 spiro atoms. The van der Waals surface area contributed by atoms with E-state index >= 15 is 0 Å². The van der Waals surface area contributed by atoms with Crippen LogP contribution in [-0.2, 0) is 12.4 Å². The van der Waals surface area contributed by atoms with Crippen LogP contribution in [0.5, 0.6) is 0 Å². The maximum absolute atomic E-state index is 13.0. The molecule has 2 aliphatic rings. The molecule has 5 nitrogen and oxygen atoms in total. The maximum atomic E-state index is 13.0. The van der Waals surface area contributed by atoms with Gasteiger partial charge in [0.05, 0.1) is 17.2 Å². The first kappa shape index (κ1) is 32.3. The molecule has 0 saturated carbocycles. The van der Waals surface area contributed by atoms with E-state index in [0.717, 1.165) is 12.1 Å². The third-order valence-electron chi connectivity index (χ3n) is 6.76. The molecule has 1 N–H and O–H groups in total. The number of benzene rings is 2. The number of β-amino-alcohol motifs (C(OH)–C–C–N with tert-alkyl or cyclic N) is 1. The molecule has 4 rings (SSSR count). The van der Waals surface area contributed by atoms with Gasteiger partial charge in [-0.25, -0.2) is 0 Å². The van der Waals surface area contributed by atoms with Crippen LogP contribution < -0.4 is 9.80 Å². The van der Waals surface area contributed by atoms with E-state index < -0.39 is 29.6 Å². The molecule has 2 aromatic rings. The van der Waals surface area contributed by atoms with Crippen LogP contribution in [0.1, 0.15) is 11.1 Å². The first-order valence-corrected chi connectivity index (χ1v) is 12.0. The highest BCUT2D eigenvalue weighted by atomic mass is 35.5. The van der Waals surface area contributed by atoms with Gasteiger partial charge in [-0.05, 0) is 36.4 Å². The van der Waals surface area contributed by atoms with Crippen LogP contribution in [-0.4, -0.2) is 86.5 Å². The monoisotopic (exact) mass is 588 g/mol. The Morgan fingerprint density at radius 3 is 1.26 bits per heavy atom. The number of rotatable bonds is 6. The summed E-state index contributed by atoms with van der Waals surface area (Å²) in [6.07, 6.45) is -9.34. The molecule has 2 fully saturated rings. The molecule has 0 atom stereocenters. The van der Waals surface area contributed by atoms with E-state index in [9.17, 15) is 31.4 Å². The van der Waals surface area contributed by atoms with E-state index in [1.54, 1.807) is 12.1 Å². The Morgan fingerprint density at radius 2 is 0.947 bits per heavy atom. The molecule has 2 aliphatic heterocycles. The van der Waals surface area contributed by atoms with Gasteiger partial charge in [0.15, 0.2) is 0 Å². The predicted molar refractivity (Wildman–Crippen MR) is 141 cm³/mol. The van der Waals surface area contributed by atoms with Gasteiger partial charge in [-0.2, -0.15) is 26.3 Å². The minimum Gasteiger partial charge on any atom is -0.390 e. The molecular weight excluding hydrogens is 557 g/mol. The minimum absolute atomic E-state index is 0. The van der Waals surface area contributed by atoms with Crippen LogP contribution in [0.3, 0.4) is 0 Å². The molecule has 0 unspecified atom stereocenters. The first-order chi connectivity index (χ1) is 17.0. The van der Waals surface area contributed by atoms with Crippen molar-refractivity contribution in [1.82, 2.24) is 9.80 Å². The van der Waals surface area contributed by atoms with Gasteiger partial charge in [0.25, 0.3) is 0 Å². The topological polar surface area (TPSA) is 33.2 Å². The standard InChI is InChI=1S/C25H30F6N4O.2ClH/c26-24(27,28)19-3-1-5-21(15-19)34-11-7-32(8-12-34)17-23(36)18-33-9-13-35(14-10-33)22-6-2-4-20(16-22)25(29,30)31;;/h1-6,15-16,23,36H,7-14,17-18H2;2*1H. The number of anilines is 2. The molecular formula is C25H32Cl2F6N4O. The number of aliphatic hydroxyl groups is 1. The SMILES string of the molecule is Cl.Cl.OC(CN1CCN(c2cccc(C(F)(F)F)c2)CC1)CN1CCN(c2cccc(C(F)(F)F)c2)CC1. The zero-order chi connectivity index (χ0) is 25.9. The van der Waals surface area contributed by atoms with Crippen molar-refractivity contribution in [3.8, 4) is 0 Å². The van der Waals surface area contributed by atoms with E-state index in [1.165, 1.54) is 24.3 Å². The molecule has 0 amide bonds. The number of hydrogen-bond donors (Lipinski definition) is 1. The van der Waals surface area contributed by atoms with Crippen molar-refractivity contribution in [3.63, 3.8) is 0 Å². The lowest BCUT2D eigenvalue weighted by molar-refractivity contribution is -0.138. The van der Waals surface area contributed by atoms with Crippen molar-refractivity contribution in [3.05, 3.63) is 59.7 Å². The van der Waals surface area contributed by atoms with Crippen LogP contribution in [0.4, 0.5) is 37.7 Å². The fourth-order valence-corrected chi connectivity index (χ4v) is 4.79. The van der Waals surface area contributed by atoms with Gasteiger partial charge in [0.2, 0.25) is 0 Å². The highest BCUT2D eigenvalue weighted by Crippen LogP contribution is 2.33. The van der Waals surface area contributed by atoms with E-state index in [2.05, 4.69) is 9.80 Å². The summed E-state index contributed by atoms with van der Waals surface area (Å²) >= 11 is 0. The first-order valence-electron chi connectivity index (χ1n) is 12.0. The molecule has 2 heterocycles. The summed E-state index contributed by atoms with van der Waals surface area (Å²) in [5, 5.41) is 10.6. The van der Waals surface area contributed by atoms with Gasteiger partial charge < -0.3 is 14.9 Å². The lowest BCUT2D eigenvalue weighted by atomic mass is 10.1. The molecule has 38 heavy (non-hydrogen) atoms. The van der Waals surface area contributed by atoms with E-state index in [1.807, 2.05) is 9.80 Å². The molecule has 214 valence electrons. The zero-order valence-corrected chi connectivity index (χ0v) is 22.2. The number of alkyl halides is 6. The number of aliphatic hydroxyl groups excluding tert-OH is 1. The van der Waals surface area contributed by atoms with Gasteiger partial charge in [-0.1, -0.05) is 12.1 Å². The van der Waals surface area contributed by atoms with Crippen molar-refractivity contribution in [1.29, 1.82) is 0 Å². The van der Waals surface area contributed by atoms with Crippen molar-refractivity contribution in [2.45, 2.75) is 18.5 Å². The van der Waals surface area contributed by atoms with Gasteiger partial charge in [-0.15, -0.1) is 24.8 Å². The summed E-state index contributed by atoms with van der Waals surface area (Å²) in [5.41, 5.74) is -0.232. The van der Waals surface area contributed by atoms with Gasteiger partial charge in [0, 0.05) is 76.8 Å². The largest absolute Gasteiger partial charge is 0.416 e. The van der Waals surface area contributed by atoms with E-state index in [0.29, 0.717) is 76.8 Å². The Labute approximate surface area is 230 Å². The minimum atomic E-state index is -4.37. The number of hydrogen-bond acceptors (Lipinski definition) is 5. The molecule has 2 aromatic carbocycles. The predicted octanol–water partition coefficient (Wildman–Crippen LogP) is 4.87. The summed E-state index contributed by atoms with van der Waals surface area (Å²) in [7, 11) is 0. The Bertz CT molecular complexity index is 930. The Balaban J connectivity index is 0.00000253. The molecule has 0 bridgehead atoms. The summed E-state index contributed by atoms with van der Waals surface area (Å²) in [4.78, 5) is 8.05. The number of halogens is 8. The average molecular weight is 589 g/mol. The van der Waals surface area contributed by atoms with Gasteiger partial charge in [0.1, 0.15) is 0 Å². The molecule has 0 radical (unpaired) electrons. The van der Waals surface area contributed by atoms with Gasteiger partial charge in [-0.3, -0.25) is 9.80 Å². The summed E-state index contributed by atoms with van der Waals surface area (Å²) in [5.74, 6) is 0. The summed E-state index contributed by atoms with van der Waals surface area (Å²) in [6.45, 7) is 5.76. The lowest BCUT2D eigenvalue weighted by Crippen LogP contribution is -2.52. The van der Waals surface area contributed by atoms with Crippen LogP contribution >= 0.6 is 24.8 Å². The zero-order valence-electron chi connectivity index (χ0n) is 20.6. The number of piperazine rings is 2. The van der Waals surface area contributed by atoms with Gasteiger partial charge >= 0.3 is 12.4 Å². The fraction of sp³-hybridized carbons (Fsp3) is 0.520. The average Bonchev–Trinajstić information content (AvgIpc) is 2.84. The van der Waals surface area contributed by atoms with Crippen LogP contribution in [0, 0.1) is 0 Å². The third kappa shape index (κ3) is 8.54. The van der Waals surface area contributed by atoms with E-state index in [4.69, 9.17) is 0 Å². The third-order valence-corrected chi connectivity index (χ3v) is 6.76. The second-order valence-electron chi connectivity index (χ2n) is 9.33. The maximum Gasteiger partial charge on any atom is 0.416 e. The van der Waals surface area contributed by atoms with Crippen LogP contribution in [0.25, 0.3) is 0 Å². The smallest absolute Gasteiger partial charge is 0.390 e. The number of nitrogens with zero attached hydrogens (tertiary/aromatic N) is 4. The second kappa shape index (κ2) is 13.4. The normalized spacial score (nSPS) is 17.8. The highest BCUT2D eigenvalue weighted by Gasteiger charge is 2.32. The Kier molecular flexibility index (Phi) is 11.4. The van der Waals surface area contributed by atoms with Crippen LogP contribution in [0.2, 0.25) is 0 Å². The highest BCUT2D eigenvalue weighted by molar-refractivity contribution is 5.85. The summed E-state index contributed by atoms with van der Waals surface area (Å²) in [6, 6.07) is 10.7. The molecule has 13 heteroatoms. The van der Waals surface area contributed by atoms with Crippen molar-refractivity contribution >= 4 is 36.2 Å². The molecule has 0 aliphatic carbocycles. The molecule has 2 saturated heterocycles. The molecule has 0 aromatic heterocycles. The van der Waals surface area contributed by atoms with Crippen molar-refractivity contribution in [2.75, 3.05) is 75.2 Å². The lowest BCUT2D eigenvalue weighted by Gasteiger charge is -2.39. The summed E-state index contributed by atoms with van der Waals surface area (Å²) < 4.78 is 78.0. The van der Waals surface area contributed by atoms with Crippen LogP contribution in [0.15, 0.2) is 48.5 Å². The Morgan fingerprint density at radius 1 is 0.605 bits per heavy atom. The quantitative estimate of drug-likeness (QED) is 0.487. The Hall–Kier alpha value is -1.92. The fourth-order valence-electron chi connectivity index (χ4n) is 4.79. The van der Waals surface area contributed by atoms with Crippen molar-refractivity contribution < 1.29 is 31.4 Å². The van der Waals surface area contributed by atoms with Crippen molar-refractivity contribution in [2.24, 2.45) is 0 Å². The van der Waals surface area contributed by atoms with E-state index in [-0.39, 0.29) is 24.8 Å². The second-order valence-corrected chi connectivity index (χ2v) is 9.33.